The second-order valence-corrected chi connectivity index (χ2v) is 3.93. The molecule has 0 radical (unpaired) electrons. The zero-order valence-corrected chi connectivity index (χ0v) is 8.64. The van der Waals surface area contributed by atoms with Crippen LogP contribution in [-0.2, 0) is 10.3 Å². The van der Waals surface area contributed by atoms with Gasteiger partial charge in [-0.25, -0.2) is 0 Å². The molecule has 1 aliphatic heterocycles. The first-order valence-corrected chi connectivity index (χ1v) is 5.00. The minimum Gasteiger partial charge on any atom is -0.394 e. The van der Waals surface area contributed by atoms with Gasteiger partial charge in [-0.15, -0.1) is 0 Å². The highest BCUT2D eigenvalue weighted by atomic mass is 16.5. The molecule has 0 saturated carbocycles. The third-order valence-electron chi connectivity index (χ3n) is 2.65. The molecule has 0 aliphatic carbocycles. The summed E-state index contributed by atoms with van der Waals surface area (Å²) in [6.07, 6.45) is 1.87. The van der Waals surface area contributed by atoms with E-state index in [0.29, 0.717) is 12.4 Å². The molecule has 2 rings (SSSR count). The quantitative estimate of drug-likeness (QED) is 0.738. The third kappa shape index (κ3) is 1.88. The molecule has 0 aromatic carbocycles. The Morgan fingerprint density at radius 1 is 1.67 bits per heavy atom. The van der Waals surface area contributed by atoms with Crippen molar-refractivity contribution in [3.05, 3.63) is 11.7 Å². The molecule has 0 spiro atoms. The number of ether oxygens (including phenoxy) is 1. The largest absolute Gasteiger partial charge is 0.394 e. The topological polar surface area (TPSA) is 94.4 Å². The monoisotopic (exact) mass is 213 g/mol. The van der Waals surface area contributed by atoms with Crippen LogP contribution in [0, 0.1) is 0 Å². The Hall–Kier alpha value is -0.980. The number of nitrogens with zero attached hydrogens (tertiary/aromatic N) is 2. The molecule has 15 heavy (non-hydrogen) atoms. The molecule has 1 aromatic heterocycles. The van der Waals surface area contributed by atoms with E-state index in [9.17, 15) is 0 Å². The average molecular weight is 213 g/mol. The number of aliphatic hydroxyl groups is 1. The van der Waals surface area contributed by atoms with Crippen LogP contribution in [0.3, 0.4) is 0 Å². The fourth-order valence-electron chi connectivity index (χ4n) is 1.63. The molecule has 1 aliphatic rings. The zero-order valence-electron chi connectivity index (χ0n) is 8.64. The first-order chi connectivity index (χ1) is 7.15. The summed E-state index contributed by atoms with van der Waals surface area (Å²) < 4.78 is 10.5. The Bertz CT molecular complexity index is 333. The normalized spacial score (nSPS) is 28.2. The van der Waals surface area contributed by atoms with Crippen molar-refractivity contribution in [2.24, 2.45) is 5.73 Å². The lowest BCUT2D eigenvalue weighted by atomic mass is 10.0. The van der Waals surface area contributed by atoms with Crippen LogP contribution in [0.2, 0.25) is 0 Å². The van der Waals surface area contributed by atoms with Crippen molar-refractivity contribution in [2.75, 3.05) is 13.2 Å². The molecule has 2 atom stereocenters. The number of hydrogen-bond donors (Lipinski definition) is 2. The lowest BCUT2D eigenvalue weighted by Gasteiger charge is -2.17. The van der Waals surface area contributed by atoms with Gasteiger partial charge >= 0.3 is 0 Å². The van der Waals surface area contributed by atoms with Crippen LogP contribution >= 0.6 is 0 Å². The fourth-order valence-corrected chi connectivity index (χ4v) is 1.63. The molecule has 84 valence electrons. The Labute approximate surface area is 87.4 Å². The summed E-state index contributed by atoms with van der Waals surface area (Å²) in [6.45, 7) is 2.44. The van der Waals surface area contributed by atoms with E-state index in [1.165, 1.54) is 0 Å². The first kappa shape index (κ1) is 10.5. The van der Waals surface area contributed by atoms with Gasteiger partial charge in [-0.1, -0.05) is 5.16 Å². The van der Waals surface area contributed by atoms with Gasteiger partial charge in [0.05, 0.1) is 6.61 Å². The summed E-state index contributed by atoms with van der Waals surface area (Å²) in [7, 11) is 0. The number of rotatable bonds is 3. The predicted octanol–water partition coefficient (Wildman–Crippen LogP) is 0.0873. The third-order valence-corrected chi connectivity index (χ3v) is 2.65. The molecule has 3 N–H and O–H groups in total. The molecule has 1 saturated heterocycles. The maximum absolute atomic E-state index is 8.84. The van der Waals surface area contributed by atoms with E-state index >= 15 is 0 Å². The molecule has 1 fully saturated rings. The average Bonchev–Trinajstić information content (AvgIpc) is 2.85. The van der Waals surface area contributed by atoms with Crippen molar-refractivity contribution in [1.82, 2.24) is 10.1 Å². The lowest BCUT2D eigenvalue weighted by molar-refractivity contribution is 0.00768. The fraction of sp³-hybridized carbons (Fsp3) is 0.778. The Morgan fingerprint density at radius 3 is 3.07 bits per heavy atom. The highest BCUT2D eigenvalue weighted by molar-refractivity contribution is 5.03. The molecule has 6 heteroatoms. The van der Waals surface area contributed by atoms with E-state index < -0.39 is 11.6 Å². The minimum atomic E-state index is -0.615. The lowest BCUT2D eigenvalue weighted by Crippen LogP contribution is -2.22. The van der Waals surface area contributed by atoms with Gasteiger partial charge in [-0.2, -0.15) is 4.98 Å². The zero-order chi connectivity index (χ0) is 10.9. The molecule has 2 heterocycles. The highest BCUT2D eigenvalue weighted by Crippen LogP contribution is 2.33. The van der Waals surface area contributed by atoms with E-state index in [1.807, 2.05) is 6.92 Å². The van der Waals surface area contributed by atoms with E-state index in [1.54, 1.807) is 0 Å². The SMILES string of the molecule is CC1(c2noc([C@H](N)CO)n2)CCCO1. The molecule has 1 unspecified atom stereocenters. The van der Waals surface area contributed by atoms with Crippen molar-refractivity contribution < 1.29 is 14.4 Å². The molecule has 0 bridgehead atoms. The summed E-state index contributed by atoms with van der Waals surface area (Å²) in [6, 6.07) is -0.615. The number of aromatic nitrogens is 2. The summed E-state index contributed by atoms with van der Waals surface area (Å²) >= 11 is 0. The standard InChI is InChI=1S/C9H15N3O3/c1-9(3-2-4-14-9)8-11-7(15-12-8)6(10)5-13/h6,13H,2-5,10H2,1H3/t6-,9?/m1/s1. The number of aliphatic hydroxyl groups excluding tert-OH is 1. The van der Waals surface area contributed by atoms with Gasteiger partial charge in [0.1, 0.15) is 11.6 Å². The van der Waals surface area contributed by atoms with Gasteiger partial charge in [0.15, 0.2) is 0 Å². The Morgan fingerprint density at radius 2 is 2.47 bits per heavy atom. The molecule has 6 nitrogen and oxygen atoms in total. The summed E-state index contributed by atoms with van der Waals surface area (Å²) in [4.78, 5) is 4.15. The summed E-state index contributed by atoms with van der Waals surface area (Å²) in [5, 5.41) is 12.7. The van der Waals surface area contributed by atoms with Gasteiger partial charge in [-0.3, -0.25) is 0 Å². The van der Waals surface area contributed by atoms with E-state index in [0.717, 1.165) is 12.8 Å². The second-order valence-electron chi connectivity index (χ2n) is 3.93. The van der Waals surface area contributed by atoms with E-state index in [4.69, 9.17) is 20.1 Å². The van der Waals surface area contributed by atoms with Crippen molar-refractivity contribution >= 4 is 0 Å². The van der Waals surface area contributed by atoms with Crippen molar-refractivity contribution in [3.8, 4) is 0 Å². The molecule has 0 amide bonds. The van der Waals surface area contributed by atoms with E-state index in [2.05, 4.69) is 10.1 Å². The van der Waals surface area contributed by atoms with Gasteiger partial charge in [-0.05, 0) is 19.8 Å². The maximum Gasteiger partial charge on any atom is 0.246 e. The molecular weight excluding hydrogens is 198 g/mol. The van der Waals surface area contributed by atoms with Gasteiger partial charge in [0.2, 0.25) is 11.7 Å². The first-order valence-electron chi connectivity index (χ1n) is 5.00. The van der Waals surface area contributed by atoms with Gasteiger partial charge < -0.3 is 20.1 Å². The van der Waals surface area contributed by atoms with Crippen molar-refractivity contribution in [2.45, 2.75) is 31.4 Å². The number of nitrogens with two attached hydrogens (primary N) is 1. The van der Waals surface area contributed by atoms with Crippen LogP contribution in [0.25, 0.3) is 0 Å². The van der Waals surface area contributed by atoms with Crippen LogP contribution in [-0.4, -0.2) is 28.5 Å². The van der Waals surface area contributed by atoms with E-state index in [-0.39, 0.29) is 12.5 Å². The maximum atomic E-state index is 8.84. The summed E-state index contributed by atoms with van der Waals surface area (Å²) in [5.41, 5.74) is 5.10. The van der Waals surface area contributed by atoms with Crippen LogP contribution in [0.1, 0.15) is 37.5 Å². The van der Waals surface area contributed by atoms with Crippen LogP contribution in [0.4, 0.5) is 0 Å². The Balaban J connectivity index is 2.19. The van der Waals surface area contributed by atoms with Crippen molar-refractivity contribution in [3.63, 3.8) is 0 Å². The molecular formula is C9H15N3O3. The van der Waals surface area contributed by atoms with Gasteiger partial charge in [0.25, 0.3) is 0 Å². The minimum absolute atomic E-state index is 0.209. The Kier molecular flexibility index (Phi) is 2.72. The van der Waals surface area contributed by atoms with Crippen LogP contribution < -0.4 is 5.73 Å². The highest BCUT2D eigenvalue weighted by Gasteiger charge is 2.37. The number of hydrogen-bond acceptors (Lipinski definition) is 6. The van der Waals surface area contributed by atoms with Crippen molar-refractivity contribution in [1.29, 1.82) is 0 Å². The van der Waals surface area contributed by atoms with Gasteiger partial charge in [0, 0.05) is 6.61 Å². The smallest absolute Gasteiger partial charge is 0.246 e. The van der Waals surface area contributed by atoms with Crippen LogP contribution in [0.15, 0.2) is 4.52 Å². The second kappa shape index (κ2) is 3.88. The predicted molar refractivity (Wildman–Crippen MR) is 50.9 cm³/mol. The summed E-state index contributed by atoms with van der Waals surface area (Å²) in [5.74, 6) is 0.767. The molecule has 1 aromatic rings. The van der Waals surface area contributed by atoms with Crippen LogP contribution in [0.5, 0.6) is 0 Å².